The molecule has 1 aromatic heterocycles. The van der Waals surface area contributed by atoms with E-state index in [1.807, 2.05) is 36.1 Å². The van der Waals surface area contributed by atoms with Crippen molar-refractivity contribution in [1.29, 1.82) is 0 Å². The van der Waals surface area contributed by atoms with Crippen molar-refractivity contribution < 1.29 is 14.7 Å². The van der Waals surface area contributed by atoms with Crippen LogP contribution in [-0.2, 0) is 19.4 Å². The highest BCUT2D eigenvalue weighted by atomic mass is 16.3. The number of aliphatic hydroxyl groups excluding tert-OH is 1. The lowest BCUT2D eigenvalue weighted by Gasteiger charge is -2.40. The molecule has 3 aromatic rings. The van der Waals surface area contributed by atoms with Gasteiger partial charge in [-0.05, 0) is 86.3 Å². The van der Waals surface area contributed by atoms with Crippen molar-refractivity contribution in [3.05, 3.63) is 76.0 Å². The number of carbonyl (C=O) groups excluding carboxylic acids is 2. The van der Waals surface area contributed by atoms with E-state index in [9.17, 15) is 14.7 Å². The fourth-order valence-electron chi connectivity index (χ4n) is 6.22. The number of benzene rings is 2. The number of amides is 2. The van der Waals surface area contributed by atoms with Gasteiger partial charge in [-0.15, -0.1) is 0 Å². The first kappa shape index (κ1) is 24.9. The van der Waals surface area contributed by atoms with Crippen LogP contribution in [0.5, 0.6) is 0 Å². The van der Waals surface area contributed by atoms with E-state index < -0.39 is 5.54 Å². The number of H-pyrrole nitrogens is 1. The van der Waals surface area contributed by atoms with Crippen LogP contribution in [0.15, 0.2) is 42.5 Å². The van der Waals surface area contributed by atoms with Crippen LogP contribution >= 0.6 is 0 Å². The maximum Gasteiger partial charge on any atom is 0.255 e. The molecular weight excluding hydrogens is 476 g/mol. The molecule has 7 nitrogen and oxygen atoms in total. The maximum atomic E-state index is 13.3. The van der Waals surface area contributed by atoms with E-state index in [1.165, 1.54) is 11.3 Å². The lowest BCUT2D eigenvalue weighted by Crippen LogP contribution is -2.56. The molecule has 1 saturated carbocycles. The van der Waals surface area contributed by atoms with Crippen molar-refractivity contribution in [3.8, 4) is 11.3 Å². The normalized spacial score (nSPS) is 19.9. The summed E-state index contributed by atoms with van der Waals surface area (Å²) in [6.45, 7) is 7.15. The Morgan fingerprint density at radius 2 is 1.92 bits per heavy atom. The van der Waals surface area contributed by atoms with Gasteiger partial charge in [0.15, 0.2) is 0 Å². The number of aliphatic hydroxyl groups is 1. The number of aromatic amines is 1. The van der Waals surface area contributed by atoms with Gasteiger partial charge in [-0.25, -0.2) is 0 Å². The predicted octanol–water partition coefficient (Wildman–Crippen LogP) is 4.95. The minimum absolute atomic E-state index is 0.0292. The Hall–Kier alpha value is -3.45. The minimum atomic E-state index is -0.471. The number of hydrogen-bond acceptors (Lipinski definition) is 4. The van der Waals surface area contributed by atoms with Gasteiger partial charge in [0.05, 0.1) is 23.9 Å². The van der Waals surface area contributed by atoms with E-state index in [4.69, 9.17) is 0 Å². The second-order valence-corrected chi connectivity index (χ2v) is 12.2. The summed E-state index contributed by atoms with van der Waals surface area (Å²) in [5.74, 6) is -0.138. The Balaban J connectivity index is 1.17. The second-order valence-electron chi connectivity index (χ2n) is 12.2. The molecule has 2 aliphatic carbocycles. The zero-order valence-electron chi connectivity index (χ0n) is 22.4. The predicted molar refractivity (Wildman–Crippen MR) is 146 cm³/mol. The molecule has 38 heavy (non-hydrogen) atoms. The van der Waals surface area contributed by atoms with Crippen molar-refractivity contribution >= 4 is 11.8 Å². The zero-order chi connectivity index (χ0) is 26.7. The molecule has 1 aliphatic heterocycles. The third-order valence-electron chi connectivity index (χ3n) is 8.99. The van der Waals surface area contributed by atoms with E-state index >= 15 is 0 Å². The first-order valence-corrected chi connectivity index (χ1v) is 13.7. The topological polar surface area (TPSA) is 98.3 Å². The van der Waals surface area contributed by atoms with E-state index in [2.05, 4.69) is 35.4 Å². The van der Waals surface area contributed by atoms with Gasteiger partial charge in [0, 0.05) is 34.5 Å². The van der Waals surface area contributed by atoms with Crippen LogP contribution in [0.2, 0.25) is 0 Å². The molecule has 0 saturated heterocycles. The molecule has 6 rings (SSSR count). The van der Waals surface area contributed by atoms with Crippen molar-refractivity contribution in [2.75, 3.05) is 6.61 Å². The summed E-state index contributed by atoms with van der Waals surface area (Å²) in [6, 6.07) is 13.4. The standard InChI is InChI=1S/C31H36N4O3/c1-19(20-5-7-21(8-6-20)28(37)32-31(18-36)12-4-13-31)35-17-23-15-22(9-10-24(23)29(35)38)27-25-11-14-30(2,3)16-26(25)33-34-27/h5-10,15,19,36H,4,11-14,16-18H2,1-3H3,(H,32,37)(H,33,34)/t19-/m1/s1. The number of nitrogens with one attached hydrogen (secondary N) is 2. The van der Waals surface area contributed by atoms with Crippen LogP contribution in [0, 0.1) is 5.41 Å². The van der Waals surface area contributed by atoms with Gasteiger partial charge in [-0.2, -0.15) is 5.10 Å². The third-order valence-corrected chi connectivity index (χ3v) is 8.99. The van der Waals surface area contributed by atoms with Crippen LogP contribution < -0.4 is 5.32 Å². The van der Waals surface area contributed by atoms with Gasteiger partial charge in [0.2, 0.25) is 0 Å². The summed E-state index contributed by atoms with van der Waals surface area (Å²) in [4.78, 5) is 27.9. The fourth-order valence-corrected chi connectivity index (χ4v) is 6.22. The summed E-state index contributed by atoms with van der Waals surface area (Å²) in [5, 5.41) is 20.6. The summed E-state index contributed by atoms with van der Waals surface area (Å²) >= 11 is 0. The SMILES string of the molecule is C[C@H](c1ccc(C(=O)NC2(CO)CCC2)cc1)N1Cc2cc(-c3n[nH]c4c3CCC(C)(C)C4)ccc2C1=O. The van der Waals surface area contributed by atoms with Gasteiger partial charge in [0.1, 0.15) is 0 Å². The molecule has 198 valence electrons. The highest BCUT2D eigenvalue weighted by molar-refractivity contribution is 5.99. The van der Waals surface area contributed by atoms with Crippen LogP contribution in [-0.4, -0.2) is 44.2 Å². The van der Waals surface area contributed by atoms with Crippen molar-refractivity contribution in [2.24, 2.45) is 5.41 Å². The molecule has 0 spiro atoms. The quantitative estimate of drug-likeness (QED) is 0.435. The zero-order valence-corrected chi connectivity index (χ0v) is 22.4. The highest BCUT2D eigenvalue weighted by Gasteiger charge is 2.38. The number of rotatable bonds is 6. The average molecular weight is 513 g/mol. The third kappa shape index (κ3) is 4.23. The van der Waals surface area contributed by atoms with Gasteiger partial charge in [-0.3, -0.25) is 14.7 Å². The first-order chi connectivity index (χ1) is 18.2. The Morgan fingerprint density at radius 1 is 1.16 bits per heavy atom. The molecule has 2 amide bonds. The Kier molecular flexibility index (Phi) is 5.94. The van der Waals surface area contributed by atoms with E-state index in [0.29, 0.717) is 12.1 Å². The van der Waals surface area contributed by atoms with E-state index in [-0.39, 0.29) is 29.9 Å². The highest BCUT2D eigenvalue weighted by Crippen LogP contribution is 2.39. The van der Waals surface area contributed by atoms with Gasteiger partial charge in [-0.1, -0.05) is 32.0 Å². The molecule has 3 aliphatic rings. The number of fused-ring (bicyclic) bond motifs is 2. The van der Waals surface area contributed by atoms with Crippen molar-refractivity contribution in [2.45, 2.75) is 77.4 Å². The molecule has 0 radical (unpaired) electrons. The van der Waals surface area contributed by atoms with Crippen molar-refractivity contribution in [1.82, 2.24) is 20.4 Å². The fraction of sp³-hybridized carbons (Fsp3) is 0.452. The van der Waals surface area contributed by atoms with E-state index in [0.717, 1.165) is 66.5 Å². The van der Waals surface area contributed by atoms with E-state index in [1.54, 1.807) is 12.1 Å². The number of carbonyl (C=O) groups is 2. The lowest BCUT2D eigenvalue weighted by molar-refractivity contribution is 0.0640. The minimum Gasteiger partial charge on any atom is -0.394 e. The number of hydrogen-bond donors (Lipinski definition) is 3. The molecule has 2 aromatic carbocycles. The van der Waals surface area contributed by atoms with Crippen LogP contribution in [0.3, 0.4) is 0 Å². The molecule has 1 fully saturated rings. The monoisotopic (exact) mass is 512 g/mol. The van der Waals surface area contributed by atoms with Gasteiger partial charge in [0.25, 0.3) is 11.8 Å². The smallest absolute Gasteiger partial charge is 0.255 e. The lowest BCUT2D eigenvalue weighted by atomic mass is 9.76. The van der Waals surface area contributed by atoms with Crippen LogP contribution in [0.1, 0.15) is 95.6 Å². The number of aromatic nitrogens is 2. The summed E-state index contributed by atoms with van der Waals surface area (Å²) < 4.78 is 0. The van der Waals surface area contributed by atoms with Gasteiger partial charge >= 0.3 is 0 Å². The summed E-state index contributed by atoms with van der Waals surface area (Å²) in [7, 11) is 0. The maximum absolute atomic E-state index is 13.3. The van der Waals surface area contributed by atoms with Gasteiger partial charge < -0.3 is 15.3 Å². The largest absolute Gasteiger partial charge is 0.394 e. The molecule has 1 atom stereocenters. The molecule has 0 unspecified atom stereocenters. The number of nitrogens with zero attached hydrogens (tertiary/aromatic N) is 2. The molecule has 2 heterocycles. The molecule has 7 heteroatoms. The summed E-state index contributed by atoms with van der Waals surface area (Å²) in [6.07, 6.45) is 5.81. The Bertz CT molecular complexity index is 1400. The first-order valence-electron chi connectivity index (χ1n) is 13.7. The molecule has 0 bridgehead atoms. The summed E-state index contributed by atoms with van der Waals surface area (Å²) in [5.41, 5.74) is 7.75. The van der Waals surface area contributed by atoms with Crippen molar-refractivity contribution in [3.63, 3.8) is 0 Å². The average Bonchev–Trinajstić information content (AvgIpc) is 3.45. The molecular formula is C31H36N4O3. The van der Waals surface area contributed by atoms with Crippen LogP contribution in [0.4, 0.5) is 0 Å². The van der Waals surface area contributed by atoms with Crippen LogP contribution in [0.25, 0.3) is 11.3 Å². The Labute approximate surface area is 223 Å². The second kappa shape index (κ2) is 9.09. The Morgan fingerprint density at radius 3 is 2.61 bits per heavy atom. The molecule has 3 N–H and O–H groups in total.